The van der Waals surface area contributed by atoms with E-state index in [1.165, 1.54) is 17.1 Å². The Morgan fingerprint density at radius 2 is 2.04 bits per heavy atom. The second-order valence-corrected chi connectivity index (χ2v) is 6.91. The Morgan fingerprint density at radius 1 is 1.35 bits per heavy atom. The van der Waals surface area contributed by atoms with E-state index in [1.807, 2.05) is 37.3 Å². The predicted octanol–water partition coefficient (Wildman–Crippen LogP) is 0.841. The van der Waals surface area contributed by atoms with Crippen molar-refractivity contribution in [3.63, 3.8) is 0 Å². The molecule has 23 heavy (non-hydrogen) atoms. The summed E-state index contributed by atoms with van der Waals surface area (Å²) >= 11 is 0. The van der Waals surface area contributed by atoms with Crippen molar-refractivity contribution in [3.8, 4) is 0 Å². The standard InChI is InChI=1S/C15H20N4O3S/c1-12(13-5-3-2-4-6-13)9-17-15(20)7-8-19-11-14(10-18-19)23(16,21)22/h2-6,10-12H,7-9H2,1H3,(H,17,20)(H2,16,21,22)/t12-/m0/s1. The lowest BCUT2D eigenvalue weighted by Crippen LogP contribution is -2.28. The number of rotatable bonds is 7. The molecule has 0 unspecified atom stereocenters. The molecular weight excluding hydrogens is 316 g/mol. The van der Waals surface area contributed by atoms with Crippen LogP contribution in [-0.4, -0.2) is 30.7 Å². The zero-order valence-corrected chi connectivity index (χ0v) is 13.7. The van der Waals surface area contributed by atoms with Gasteiger partial charge in [-0.3, -0.25) is 9.48 Å². The van der Waals surface area contributed by atoms with Gasteiger partial charge < -0.3 is 5.32 Å². The topological polar surface area (TPSA) is 107 Å². The highest BCUT2D eigenvalue weighted by Crippen LogP contribution is 2.13. The van der Waals surface area contributed by atoms with Crippen molar-refractivity contribution in [2.75, 3.05) is 6.54 Å². The van der Waals surface area contributed by atoms with Crippen LogP contribution >= 0.6 is 0 Å². The first-order chi connectivity index (χ1) is 10.9. The van der Waals surface area contributed by atoms with Crippen molar-refractivity contribution in [2.24, 2.45) is 5.14 Å². The van der Waals surface area contributed by atoms with Crippen LogP contribution < -0.4 is 10.5 Å². The van der Waals surface area contributed by atoms with Gasteiger partial charge in [-0.1, -0.05) is 37.3 Å². The van der Waals surface area contributed by atoms with Crippen LogP contribution in [0.1, 0.15) is 24.8 Å². The van der Waals surface area contributed by atoms with E-state index in [9.17, 15) is 13.2 Å². The molecule has 0 spiro atoms. The maximum absolute atomic E-state index is 11.9. The molecule has 0 aliphatic rings. The van der Waals surface area contributed by atoms with Crippen LogP contribution in [0.2, 0.25) is 0 Å². The average molecular weight is 336 g/mol. The number of nitrogens with zero attached hydrogens (tertiary/aromatic N) is 2. The fraction of sp³-hybridized carbons (Fsp3) is 0.333. The minimum absolute atomic E-state index is 0.0596. The molecule has 1 aromatic carbocycles. The van der Waals surface area contributed by atoms with Gasteiger partial charge in [0.15, 0.2) is 0 Å². The van der Waals surface area contributed by atoms with Gasteiger partial charge in [-0.25, -0.2) is 13.6 Å². The number of primary sulfonamides is 1. The number of nitrogens with two attached hydrogens (primary N) is 1. The summed E-state index contributed by atoms with van der Waals surface area (Å²) in [5.74, 6) is 0.110. The third-order valence-corrected chi connectivity index (χ3v) is 4.35. The normalized spacial score (nSPS) is 12.8. The minimum Gasteiger partial charge on any atom is -0.355 e. The number of amides is 1. The van der Waals surface area contributed by atoms with Crippen molar-refractivity contribution >= 4 is 15.9 Å². The van der Waals surface area contributed by atoms with Gasteiger partial charge in [-0.2, -0.15) is 5.10 Å². The van der Waals surface area contributed by atoms with Crippen LogP contribution in [0.25, 0.3) is 0 Å². The lowest BCUT2D eigenvalue weighted by atomic mass is 10.0. The third-order valence-electron chi connectivity index (χ3n) is 3.48. The summed E-state index contributed by atoms with van der Waals surface area (Å²) in [4.78, 5) is 11.8. The molecule has 0 saturated carbocycles. The van der Waals surface area contributed by atoms with Crippen molar-refractivity contribution in [1.29, 1.82) is 0 Å². The van der Waals surface area contributed by atoms with Gasteiger partial charge in [-0.15, -0.1) is 0 Å². The Labute approximate surface area is 135 Å². The van der Waals surface area contributed by atoms with Crippen LogP contribution in [0.5, 0.6) is 0 Å². The predicted molar refractivity (Wildman–Crippen MR) is 86.1 cm³/mol. The van der Waals surface area contributed by atoms with E-state index in [2.05, 4.69) is 10.4 Å². The van der Waals surface area contributed by atoms with E-state index < -0.39 is 10.0 Å². The molecule has 0 saturated heterocycles. The average Bonchev–Trinajstić information content (AvgIpc) is 3.00. The summed E-state index contributed by atoms with van der Waals surface area (Å²) in [6.45, 7) is 2.88. The quantitative estimate of drug-likeness (QED) is 0.781. The van der Waals surface area contributed by atoms with Gasteiger partial charge in [0.1, 0.15) is 4.90 Å². The van der Waals surface area contributed by atoms with Crippen molar-refractivity contribution in [2.45, 2.75) is 30.7 Å². The number of carbonyl (C=O) groups is 1. The number of aryl methyl sites for hydroxylation is 1. The molecule has 1 amide bonds. The highest BCUT2D eigenvalue weighted by atomic mass is 32.2. The molecule has 0 radical (unpaired) electrons. The van der Waals surface area contributed by atoms with E-state index in [4.69, 9.17) is 5.14 Å². The molecule has 8 heteroatoms. The highest BCUT2D eigenvalue weighted by Gasteiger charge is 2.12. The SMILES string of the molecule is C[C@@H](CNC(=O)CCn1cc(S(N)(=O)=O)cn1)c1ccccc1. The zero-order valence-electron chi connectivity index (χ0n) is 12.8. The molecule has 2 rings (SSSR count). The molecule has 1 heterocycles. The highest BCUT2D eigenvalue weighted by molar-refractivity contribution is 7.89. The Morgan fingerprint density at radius 3 is 2.65 bits per heavy atom. The van der Waals surface area contributed by atoms with Gasteiger partial charge in [0.05, 0.1) is 6.20 Å². The van der Waals surface area contributed by atoms with Gasteiger partial charge in [0.2, 0.25) is 15.9 Å². The fourth-order valence-electron chi connectivity index (χ4n) is 2.08. The summed E-state index contributed by atoms with van der Waals surface area (Å²) < 4.78 is 23.7. The number of nitrogens with one attached hydrogen (secondary N) is 1. The first-order valence-corrected chi connectivity index (χ1v) is 8.78. The first-order valence-electron chi connectivity index (χ1n) is 7.23. The Hall–Kier alpha value is -2.19. The minimum atomic E-state index is -3.76. The molecule has 2 aromatic rings. The second-order valence-electron chi connectivity index (χ2n) is 5.35. The van der Waals surface area contributed by atoms with Crippen molar-refractivity contribution < 1.29 is 13.2 Å². The van der Waals surface area contributed by atoms with Crippen molar-refractivity contribution in [3.05, 3.63) is 48.3 Å². The van der Waals surface area contributed by atoms with Crippen LogP contribution in [0.3, 0.4) is 0 Å². The van der Waals surface area contributed by atoms with E-state index in [-0.39, 0.29) is 23.1 Å². The summed E-state index contributed by atoms with van der Waals surface area (Å²) in [6, 6.07) is 9.93. The van der Waals surface area contributed by atoms with E-state index in [0.29, 0.717) is 13.1 Å². The van der Waals surface area contributed by atoms with Gasteiger partial charge in [0, 0.05) is 25.7 Å². The molecule has 0 bridgehead atoms. The molecule has 124 valence electrons. The van der Waals surface area contributed by atoms with Crippen LogP contribution in [-0.2, 0) is 21.4 Å². The number of aromatic nitrogens is 2. The molecule has 3 N–H and O–H groups in total. The number of hydrogen-bond acceptors (Lipinski definition) is 4. The van der Waals surface area contributed by atoms with Crippen LogP contribution in [0, 0.1) is 0 Å². The monoisotopic (exact) mass is 336 g/mol. The van der Waals surface area contributed by atoms with E-state index in [0.717, 1.165) is 5.56 Å². The maximum Gasteiger partial charge on any atom is 0.241 e. The Bertz CT molecular complexity index is 756. The number of hydrogen-bond donors (Lipinski definition) is 2. The van der Waals surface area contributed by atoms with Gasteiger partial charge in [0.25, 0.3) is 0 Å². The fourth-order valence-corrected chi connectivity index (χ4v) is 2.55. The number of benzene rings is 1. The van der Waals surface area contributed by atoms with Crippen LogP contribution in [0.4, 0.5) is 0 Å². The Kier molecular flexibility index (Phi) is 5.51. The molecule has 1 atom stereocenters. The van der Waals surface area contributed by atoms with E-state index >= 15 is 0 Å². The zero-order chi connectivity index (χ0) is 16.9. The molecular formula is C15H20N4O3S. The molecule has 7 nitrogen and oxygen atoms in total. The summed E-state index contributed by atoms with van der Waals surface area (Å²) in [7, 11) is -3.76. The largest absolute Gasteiger partial charge is 0.355 e. The lowest BCUT2D eigenvalue weighted by Gasteiger charge is -2.13. The Balaban J connectivity index is 1.78. The second kappa shape index (κ2) is 7.38. The number of sulfonamides is 1. The van der Waals surface area contributed by atoms with Gasteiger partial charge in [-0.05, 0) is 11.5 Å². The first kappa shape index (κ1) is 17.2. The maximum atomic E-state index is 11.9. The van der Waals surface area contributed by atoms with Crippen molar-refractivity contribution in [1.82, 2.24) is 15.1 Å². The lowest BCUT2D eigenvalue weighted by molar-refractivity contribution is -0.121. The van der Waals surface area contributed by atoms with E-state index in [1.54, 1.807) is 0 Å². The smallest absolute Gasteiger partial charge is 0.241 e. The summed E-state index contributed by atoms with van der Waals surface area (Å²) in [5, 5.41) is 11.7. The molecule has 0 aliphatic heterocycles. The van der Waals surface area contributed by atoms with Crippen LogP contribution in [0.15, 0.2) is 47.6 Å². The molecule has 0 fully saturated rings. The molecule has 0 aliphatic carbocycles. The third kappa shape index (κ3) is 5.19. The summed E-state index contributed by atoms with van der Waals surface area (Å²) in [5.41, 5.74) is 1.16. The number of carbonyl (C=O) groups excluding carboxylic acids is 1. The summed E-state index contributed by atoms with van der Waals surface area (Å²) in [6.07, 6.45) is 2.70. The van der Waals surface area contributed by atoms with Gasteiger partial charge >= 0.3 is 0 Å². The molecule has 1 aromatic heterocycles.